The van der Waals surface area contributed by atoms with Gasteiger partial charge in [0.05, 0.1) is 24.8 Å². The summed E-state index contributed by atoms with van der Waals surface area (Å²) in [4.78, 5) is 47.3. The van der Waals surface area contributed by atoms with E-state index in [2.05, 4.69) is 10.6 Å². The molecular weight excluding hydrogens is 409 g/mol. The number of carbonyl (C=O) groups excluding carboxylic acids is 4. The number of rotatable bonds is 7. The Kier molecular flexibility index (Phi) is 6.88. The lowest BCUT2D eigenvalue weighted by molar-refractivity contribution is -0.146. The molecule has 31 heavy (non-hydrogen) atoms. The normalized spacial score (nSPS) is 20.4. The minimum absolute atomic E-state index is 0.189. The number of amides is 2. The highest BCUT2D eigenvalue weighted by Crippen LogP contribution is 2.30. The molecule has 0 aromatic heterocycles. The number of carbonyl (C=O) groups is 4. The van der Waals surface area contributed by atoms with E-state index in [1.54, 1.807) is 18.3 Å². The SMILES string of the molecule is CC(=O)NC[C@H]1CN(c2ccc(C3=CNC(C(=O)COC(C)=O)CC3)c(F)c2)C(=O)O1. The van der Waals surface area contributed by atoms with Crippen LogP contribution < -0.4 is 15.5 Å². The number of hydrogen-bond acceptors (Lipinski definition) is 7. The molecule has 1 unspecified atom stereocenters. The topological polar surface area (TPSA) is 114 Å². The van der Waals surface area contributed by atoms with Crippen LogP contribution in [-0.2, 0) is 23.9 Å². The molecule has 1 fully saturated rings. The third kappa shape index (κ3) is 5.59. The fourth-order valence-corrected chi connectivity index (χ4v) is 3.42. The Morgan fingerprint density at radius 1 is 1.32 bits per heavy atom. The first-order valence-electron chi connectivity index (χ1n) is 9.88. The van der Waals surface area contributed by atoms with Gasteiger partial charge < -0.3 is 20.1 Å². The van der Waals surface area contributed by atoms with Crippen LogP contribution in [0.1, 0.15) is 32.3 Å². The number of anilines is 1. The second kappa shape index (κ2) is 9.59. The van der Waals surface area contributed by atoms with Crippen LogP contribution >= 0.6 is 0 Å². The number of halogens is 1. The lowest BCUT2D eigenvalue weighted by Crippen LogP contribution is -2.38. The van der Waals surface area contributed by atoms with Crippen molar-refractivity contribution in [2.75, 3.05) is 24.6 Å². The van der Waals surface area contributed by atoms with Gasteiger partial charge in [-0.2, -0.15) is 0 Å². The van der Waals surface area contributed by atoms with Crippen LogP contribution in [0.25, 0.3) is 5.57 Å². The number of ketones is 1. The van der Waals surface area contributed by atoms with Gasteiger partial charge in [0, 0.05) is 25.6 Å². The predicted molar refractivity (Wildman–Crippen MR) is 108 cm³/mol. The van der Waals surface area contributed by atoms with E-state index in [1.165, 1.54) is 24.8 Å². The summed E-state index contributed by atoms with van der Waals surface area (Å²) in [5.41, 5.74) is 1.41. The van der Waals surface area contributed by atoms with Gasteiger partial charge in [-0.15, -0.1) is 0 Å². The average Bonchev–Trinajstić information content (AvgIpc) is 3.11. The van der Waals surface area contributed by atoms with E-state index in [1.807, 2.05) is 0 Å². The van der Waals surface area contributed by atoms with Gasteiger partial charge in [0.1, 0.15) is 11.9 Å². The molecule has 0 saturated carbocycles. The monoisotopic (exact) mass is 433 g/mol. The van der Waals surface area contributed by atoms with E-state index in [0.717, 1.165) is 0 Å². The Labute approximate surface area is 178 Å². The molecule has 2 aliphatic heterocycles. The maximum atomic E-state index is 14.8. The standard InChI is InChI=1S/C21H24FN3O6/c1-12(26)23-9-16-10-25(21(29)31-16)15-4-5-17(18(22)7-15)14-3-6-19(24-8-14)20(28)11-30-13(2)27/h4-5,7-8,16,19,24H,3,6,9-11H2,1-2H3,(H,23,26)/t16-,19?/m0/s1. The number of benzene rings is 1. The summed E-state index contributed by atoms with van der Waals surface area (Å²) in [6, 6.07) is 3.97. The number of ether oxygens (including phenoxy) is 2. The molecule has 0 aliphatic carbocycles. The number of allylic oxidation sites excluding steroid dienone is 1. The molecule has 9 nitrogen and oxygen atoms in total. The van der Waals surface area contributed by atoms with Crippen LogP contribution in [0.5, 0.6) is 0 Å². The Morgan fingerprint density at radius 3 is 2.71 bits per heavy atom. The van der Waals surface area contributed by atoms with E-state index in [-0.39, 0.29) is 31.4 Å². The molecule has 166 valence electrons. The lowest BCUT2D eigenvalue weighted by atomic mass is 9.94. The molecule has 0 spiro atoms. The minimum atomic E-state index is -0.602. The molecule has 2 N–H and O–H groups in total. The van der Waals surface area contributed by atoms with Gasteiger partial charge in [0.15, 0.2) is 12.4 Å². The highest BCUT2D eigenvalue weighted by Gasteiger charge is 2.33. The molecule has 2 amide bonds. The Hall–Kier alpha value is -3.43. The van der Waals surface area contributed by atoms with Gasteiger partial charge in [-0.1, -0.05) is 0 Å². The quantitative estimate of drug-likeness (QED) is 0.627. The zero-order chi connectivity index (χ0) is 22.5. The van der Waals surface area contributed by atoms with Crippen LogP contribution in [0, 0.1) is 5.82 Å². The fourth-order valence-electron chi connectivity index (χ4n) is 3.42. The Bertz CT molecular complexity index is 932. The third-order valence-electron chi connectivity index (χ3n) is 5.03. The summed E-state index contributed by atoms with van der Waals surface area (Å²) < 4.78 is 24.7. The summed E-state index contributed by atoms with van der Waals surface area (Å²) >= 11 is 0. The zero-order valence-electron chi connectivity index (χ0n) is 17.3. The van der Waals surface area contributed by atoms with Crippen LogP contribution in [0.15, 0.2) is 24.4 Å². The van der Waals surface area contributed by atoms with Gasteiger partial charge in [0.25, 0.3) is 0 Å². The second-order valence-electron chi connectivity index (χ2n) is 7.39. The summed E-state index contributed by atoms with van der Waals surface area (Å²) in [6.45, 7) is 2.70. The van der Waals surface area contributed by atoms with E-state index >= 15 is 0 Å². The first-order chi connectivity index (χ1) is 14.7. The largest absolute Gasteiger partial charge is 0.458 e. The van der Waals surface area contributed by atoms with Gasteiger partial charge in [-0.05, 0) is 36.6 Å². The number of cyclic esters (lactones) is 1. The van der Waals surface area contributed by atoms with Crippen molar-refractivity contribution in [2.24, 2.45) is 0 Å². The van der Waals surface area contributed by atoms with Crippen LogP contribution in [0.4, 0.5) is 14.9 Å². The van der Waals surface area contributed by atoms with Gasteiger partial charge in [-0.25, -0.2) is 9.18 Å². The van der Waals surface area contributed by atoms with Crippen LogP contribution in [0.3, 0.4) is 0 Å². The van der Waals surface area contributed by atoms with Crippen molar-refractivity contribution in [3.8, 4) is 0 Å². The van der Waals surface area contributed by atoms with Gasteiger partial charge >= 0.3 is 12.1 Å². The van der Waals surface area contributed by atoms with Crippen molar-refractivity contribution in [3.05, 3.63) is 35.8 Å². The first-order valence-corrected chi connectivity index (χ1v) is 9.88. The molecule has 0 radical (unpaired) electrons. The van der Waals surface area contributed by atoms with Crippen LogP contribution in [0.2, 0.25) is 0 Å². The first kappa shape index (κ1) is 22.3. The second-order valence-corrected chi connectivity index (χ2v) is 7.39. The predicted octanol–water partition coefficient (Wildman–Crippen LogP) is 1.51. The maximum Gasteiger partial charge on any atom is 0.414 e. The summed E-state index contributed by atoms with van der Waals surface area (Å²) in [7, 11) is 0. The number of Topliss-reactive ketones (excluding diaryl/α,β-unsaturated/α-hetero) is 1. The molecule has 2 aliphatic rings. The van der Waals surface area contributed by atoms with Gasteiger partial charge in [0.2, 0.25) is 5.91 Å². The van der Waals surface area contributed by atoms with E-state index in [4.69, 9.17) is 9.47 Å². The van der Waals surface area contributed by atoms with Crippen LogP contribution in [-0.4, -0.2) is 55.6 Å². The molecular formula is C21H24FN3O6. The number of nitrogens with one attached hydrogen (secondary N) is 2. The Morgan fingerprint density at radius 2 is 2.10 bits per heavy atom. The van der Waals surface area contributed by atoms with Crippen molar-refractivity contribution in [2.45, 2.75) is 38.8 Å². The number of hydrogen-bond donors (Lipinski definition) is 2. The lowest BCUT2D eigenvalue weighted by Gasteiger charge is -2.23. The smallest absolute Gasteiger partial charge is 0.414 e. The van der Waals surface area contributed by atoms with Crippen molar-refractivity contribution < 1.29 is 33.0 Å². The van der Waals surface area contributed by atoms with E-state index < -0.39 is 30.0 Å². The van der Waals surface area contributed by atoms with Crippen molar-refractivity contribution in [1.29, 1.82) is 0 Å². The molecule has 1 aromatic rings. The van der Waals surface area contributed by atoms with Gasteiger partial charge in [-0.3, -0.25) is 19.3 Å². The summed E-state index contributed by atoms with van der Waals surface area (Å²) in [5, 5.41) is 5.52. The minimum Gasteiger partial charge on any atom is -0.458 e. The highest BCUT2D eigenvalue weighted by molar-refractivity contribution is 5.90. The van der Waals surface area contributed by atoms with Crippen molar-refractivity contribution in [1.82, 2.24) is 10.6 Å². The van der Waals surface area contributed by atoms with Crippen molar-refractivity contribution >= 4 is 35.0 Å². The fraction of sp³-hybridized carbons (Fsp3) is 0.429. The third-order valence-corrected chi connectivity index (χ3v) is 5.03. The van der Waals surface area contributed by atoms with E-state index in [0.29, 0.717) is 29.7 Å². The molecule has 2 heterocycles. The molecule has 10 heteroatoms. The maximum absolute atomic E-state index is 14.8. The van der Waals surface area contributed by atoms with Crippen molar-refractivity contribution in [3.63, 3.8) is 0 Å². The van der Waals surface area contributed by atoms with E-state index in [9.17, 15) is 23.6 Å². The molecule has 0 bridgehead atoms. The summed E-state index contributed by atoms with van der Waals surface area (Å²) in [5.74, 6) is -1.50. The highest BCUT2D eigenvalue weighted by atomic mass is 19.1. The number of esters is 1. The molecule has 1 saturated heterocycles. The zero-order valence-corrected chi connectivity index (χ0v) is 17.3. The molecule has 3 rings (SSSR count). The molecule has 2 atom stereocenters. The number of nitrogens with zero attached hydrogens (tertiary/aromatic N) is 1. The summed E-state index contributed by atoms with van der Waals surface area (Å²) in [6.07, 6.45) is 1.38. The Balaban J connectivity index is 1.64. The average molecular weight is 433 g/mol. The molecule has 1 aromatic carbocycles.